The van der Waals surface area contributed by atoms with Crippen LogP contribution in [0.1, 0.15) is 59.3 Å². The van der Waals surface area contributed by atoms with Gasteiger partial charge in [-0.3, -0.25) is 4.99 Å². The lowest BCUT2D eigenvalue weighted by Gasteiger charge is -2.02. The van der Waals surface area contributed by atoms with E-state index in [2.05, 4.69) is 55.6 Å². The van der Waals surface area contributed by atoms with Crippen LogP contribution >= 0.6 is 0 Å². The first-order valence-corrected chi connectivity index (χ1v) is 7.76. The van der Waals surface area contributed by atoms with Gasteiger partial charge in [-0.25, -0.2) is 0 Å². The summed E-state index contributed by atoms with van der Waals surface area (Å²) >= 11 is 0. The number of rotatable bonds is 11. The maximum atomic E-state index is 4.02. The zero-order chi connectivity index (χ0) is 15.2. The molecule has 0 aromatic heterocycles. The Kier molecular flexibility index (Phi) is 11.8. The number of nitrogens with zero attached hydrogens (tertiary/aromatic N) is 1. The molecule has 1 unspecified atom stereocenters. The molecule has 0 fully saturated rings. The third-order valence-electron chi connectivity index (χ3n) is 3.20. The van der Waals surface area contributed by atoms with Crippen molar-refractivity contribution in [3.05, 3.63) is 48.1 Å². The average molecular weight is 273 g/mol. The van der Waals surface area contributed by atoms with Gasteiger partial charge in [0.2, 0.25) is 0 Å². The van der Waals surface area contributed by atoms with Crippen molar-refractivity contribution in [2.75, 3.05) is 0 Å². The number of hydrogen-bond donors (Lipinski definition) is 0. The Balaban J connectivity index is 4.15. The van der Waals surface area contributed by atoms with Gasteiger partial charge in [0.25, 0.3) is 0 Å². The lowest BCUT2D eigenvalue weighted by Crippen LogP contribution is -1.90. The molecule has 0 spiro atoms. The molecule has 0 rings (SSSR count). The van der Waals surface area contributed by atoms with Gasteiger partial charge in [0.1, 0.15) is 0 Å². The van der Waals surface area contributed by atoms with E-state index in [1.54, 1.807) is 0 Å². The van der Waals surface area contributed by atoms with Crippen molar-refractivity contribution in [3.63, 3.8) is 0 Å². The third kappa shape index (κ3) is 10.5. The van der Waals surface area contributed by atoms with Crippen molar-refractivity contribution >= 4 is 6.72 Å². The van der Waals surface area contributed by atoms with Crippen molar-refractivity contribution in [1.82, 2.24) is 0 Å². The molecule has 20 heavy (non-hydrogen) atoms. The van der Waals surface area contributed by atoms with Crippen molar-refractivity contribution in [2.24, 2.45) is 4.99 Å². The van der Waals surface area contributed by atoms with Gasteiger partial charge in [0.15, 0.2) is 0 Å². The van der Waals surface area contributed by atoms with Gasteiger partial charge < -0.3 is 0 Å². The van der Waals surface area contributed by atoms with E-state index in [-0.39, 0.29) is 6.04 Å². The molecule has 0 aromatic carbocycles. The second-order valence-electron chi connectivity index (χ2n) is 5.28. The Labute approximate surface area is 125 Å². The number of aliphatic imine (C=N–C) groups is 1. The zero-order valence-electron chi connectivity index (χ0n) is 13.6. The minimum absolute atomic E-state index is 0.159. The molecule has 1 atom stereocenters. The molecule has 0 heterocycles. The molecule has 0 saturated carbocycles. The van der Waals surface area contributed by atoms with E-state index in [0.29, 0.717) is 0 Å². The molecule has 0 aliphatic rings. The fourth-order valence-electron chi connectivity index (χ4n) is 1.79. The Bertz CT molecular complexity index is 358. The summed E-state index contributed by atoms with van der Waals surface area (Å²) in [6.07, 6.45) is 18.4. The van der Waals surface area contributed by atoms with E-state index < -0.39 is 0 Å². The lowest BCUT2D eigenvalue weighted by molar-refractivity contribution is 0.674. The third-order valence-corrected chi connectivity index (χ3v) is 3.20. The zero-order valence-corrected chi connectivity index (χ0v) is 13.6. The number of allylic oxidation sites excluding steroid dienone is 6. The van der Waals surface area contributed by atoms with Crippen molar-refractivity contribution < 1.29 is 0 Å². The quantitative estimate of drug-likeness (QED) is 0.188. The van der Waals surface area contributed by atoms with E-state index in [4.69, 9.17) is 0 Å². The summed E-state index contributed by atoms with van der Waals surface area (Å²) in [5.41, 5.74) is 2.28. The summed E-state index contributed by atoms with van der Waals surface area (Å²) in [5, 5.41) is 0. The Hall–Kier alpha value is -1.37. The van der Waals surface area contributed by atoms with Crippen LogP contribution in [0.3, 0.4) is 0 Å². The predicted molar refractivity (Wildman–Crippen MR) is 93.6 cm³/mol. The predicted octanol–water partition coefficient (Wildman–Crippen LogP) is 6.05. The van der Waals surface area contributed by atoms with Gasteiger partial charge in [-0.05, 0) is 45.4 Å². The highest BCUT2D eigenvalue weighted by Gasteiger charge is 1.94. The highest BCUT2D eigenvalue weighted by Crippen LogP contribution is 2.11. The van der Waals surface area contributed by atoms with Gasteiger partial charge >= 0.3 is 0 Å². The topological polar surface area (TPSA) is 12.4 Å². The van der Waals surface area contributed by atoms with E-state index in [1.807, 2.05) is 13.8 Å². The average Bonchev–Trinajstić information content (AvgIpc) is 2.44. The van der Waals surface area contributed by atoms with Crippen LogP contribution < -0.4 is 0 Å². The highest BCUT2D eigenvalue weighted by molar-refractivity contribution is 5.37. The molecule has 0 saturated heterocycles. The molecule has 0 aromatic rings. The van der Waals surface area contributed by atoms with Crippen LogP contribution in [-0.2, 0) is 0 Å². The molecule has 112 valence electrons. The summed E-state index contributed by atoms with van der Waals surface area (Å²) in [7, 11) is 0. The van der Waals surface area contributed by atoms with Gasteiger partial charge in [-0.15, -0.1) is 0 Å². The maximum absolute atomic E-state index is 4.02. The van der Waals surface area contributed by atoms with Gasteiger partial charge in [-0.1, -0.05) is 68.7 Å². The number of unbranched alkanes of at least 4 members (excludes halogenated alkanes) is 4. The van der Waals surface area contributed by atoms with Crippen molar-refractivity contribution in [1.29, 1.82) is 0 Å². The second-order valence-corrected chi connectivity index (χ2v) is 5.28. The van der Waals surface area contributed by atoms with Crippen LogP contribution in [-0.4, -0.2) is 12.8 Å². The molecular formula is C19H31N. The van der Waals surface area contributed by atoms with Crippen molar-refractivity contribution in [2.45, 2.75) is 65.3 Å². The largest absolute Gasteiger partial charge is 0.294 e. The lowest BCUT2D eigenvalue weighted by atomic mass is 10.1. The Morgan fingerprint density at radius 3 is 2.55 bits per heavy atom. The highest BCUT2D eigenvalue weighted by atomic mass is 14.7. The fraction of sp³-hybridized carbons (Fsp3) is 0.526. The van der Waals surface area contributed by atoms with Crippen LogP contribution in [0.4, 0.5) is 0 Å². The molecule has 0 bridgehead atoms. The first kappa shape index (κ1) is 18.6. The second kappa shape index (κ2) is 12.7. The normalized spacial score (nSPS) is 14.1. The molecule has 0 radical (unpaired) electrons. The molecule has 1 nitrogen and oxygen atoms in total. The van der Waals surface area contributed by atoms with E-state index in [9.17, 15) is 0 Å². The van der Waals surface area contributed by atoms with Crippen LogP contribution in [0.2, 0.25) is 0 Å². The summed E-state index contributed by atoms with van der Waals surface area (Å²) in [6, 6.07) is 0.159. The molecule has 0 aliphatic carbocycles. The van der Waals surface area contributed by atoms with Gasteiger partial charge in [-0.2, -0.15) is 0 Å². The Morgan fingerprint density at radius 1 is 1.20 bits per heavy atom. The fourth-order valence-corrected chi connectivity index (χ4v) is 1.79. The van der Waals surface area contributed by atoms with Crippen LogP contribution in [0, 0.1) is 0 Å². The van der Waals surface area contributed by atoms with E-state index in [1.165, 1.54) is 37.7 Å². The summed E-state index contributed by atoms with van der Waals surface area (Å²) in [6.45, 7) is 13.9. The van der Waals surface area contributed by atoms with Crippen LogP contribution in [0.25, 0.3) is 0 Å². The molecule has 1 heteroatoms. The smallest absolute Gasteiger partial charge is 0.0647 e. The van der Waals surface area contributed by atoms with Crippen LogP contribution in [0.15, 0.2) is 53.1 Å². The summed E-state index contributed by atoms with van der Waals surface area (Å²) in [4.78, 5) is 3.96. The Morgan fingerprint density at radius 2 is 1.95 bits per heavy atom. The minimum atomic E-state index is 0.159. The number of hydrogen-bond acceptors (Lipinski definition) is 1. The standard InChI is InChI=1S/C19H31N/c1-6-7-8-9-10-11-12-13-14-19(17(2)3)16-15-18(4)20-5/h11-12,14-16,18H,2,5-10,13H2,1,3-4H3/b12-11-,16-15-,19-14+. The summed E-state index contributed by atoms with van der Waals surface area (Å²) < 4.78 is 0. The van der Waals surface area contributed by atoms with Gasteiger partial charge in [0, 0.05) is 0 Å². The first-order chi connectivity index (χ1) is 9.61. The molecular weight excluding hydrogens is 242 g/mol. The van der Waals surface area contributed by atoms with Crippen LogP contribution in [0.5, 0.6) is 0 Å². The van der Waals surface area contributed by atoms with E-state index >= 15 is 0 Å². The SMILES string of the molecule is C=NC(C)/C=C\C(=C/C/C=C\CCCCCC)C(=C)C. The molecule has 0 aliphatic heterocycles. The van der Waals surface area contributed by atoms with E-state index in [0.717, 1.165) is 12.0 Å². The van der Waals surface area contributed by atoms with Gasteiger partial charge in [0.05, 0.1) is 6.04 Å². The maximum Gasteiger partial charge on any atom is 0.0647 e. The summed E-state index contributed by atoms with van der Waals surface area (Å²) in [5.74, 6) is 0. The molecule has 0 N–H and O–H groups in total. The minimum Gasteiger partial charge on any atom is -0.294 e. The first-order valence-electron chi connectivity index (χ1n) is 7.76. The molecule has 0 amide bonds. The van der Waals surface area contributed by atoms with Crippen molar-refractivity contribution in [3.8, 4) is 0 Å². The monoisotopic (exact) mass is 273 g/mol.